The molecule has 26 heavy (non-hydrogen) atoms. The second-order valence-electron chi connectivity index (χ2n) is 6.80. The van der Waals surface area contributed by atoms with Crippen molar-refractivity contribution in [2.24, 2.45) is 4.99 Å². The van der Waals surface area contributed by atoms with Gasteiger partial charge in [0.15, 0.2) is 5.96 Å². The van der Waals surface area contributed by atoms with Gasteiger partial charge in [-0.1, -0.05) is 0 Å². The number of likely N-dealkylation sites (N-methyl/N-ethyl adjacent to an activating group) is 3. The molecule has 7 nitrogen and oxygen atoms in total. The van der Waals surface area contributed by atoms with Gasteiger partial charge < -0.3 is 20.0 Å². The summed E-state index contributed by atoms with van der Waals surface area (Å²) in [5, 5.41) is 3.31. The van der Waals surface area contributed by atoms with Crippen molar-refractivity contribution in [2.45, 2.75) is 33.7 Å². The summed E-state index contributed by atoms with van der Waals surface area (Å²) in [5.41, 5.74) is 0. The third-order valence-electron chi connectivity index (χ3n) is 4.85. The Morgan fingerprint density at radius 3 is 2.23 bits per heavy atom. The first-order valence-electron chi connectivity index (χ1n) is 9.62. The molecule has 0 aromatic heterocycles. The second kappa shape index (κ2) is 13.5. The highest BCUT2D eigenvalue weighted by Gasteiger charge is 2.20. The molecule has 0 aromatic carbocycles. The Bertz CT molecular complexity index is 422. The Morgan fingerprint density at radius 1 is 1.15 bits per heavy atom. The van der Waals surface area contributed by atoms with Gasteiger partial charge in [0, 0.05) is 58.9 Å². The third-order valence-corrected chi connectivity index (χ3v) is 4.85. The molecule has 1 amide bonds. The molecule has 1 aliphatic heterocycles. The number of piperazine rings is 1. The standard InChI is InChI=1S/C18H38N6O.HI/c1-7-19-18(22(6)15-17(25)23(8-2)9-3)20-14-16(4)24-12-10-21(5)11-13-24;/h16H,7-15H2,1-6H3,(H,19,20);1H. The molecule has 1 aliphatic rings. The molecule has 0 aliphatic carbocycles. The maximum Gasteiger partial charge on any atom is 0.242 e. The van der Waals surface area contributed by atoms with Gasteiger partial charge in [-0.3, -0.25) is 14.7 Å². The predicted octanol–water partition coefficient (Wildman–Crippen LogP) is 1.01. The van der Waals surface area contributed by atoms with Crippen molar-refractivity contribution in [1.29, 1.82) is 0 Å². The van der Waals surface area contributed by atoms with Crippen LogP contribution in [0.1, 0.15) is 27.7 Å². The van der Waals surface area contributed by atoms with E-state index in [1.54, 1.807) is 0 Å². The Kier molecular flexibility index (Phi) is 13.2. The van der Waals surface area contributed by atoms with Gasteiger partial charge in [0.05, 0.1) is 13.1 Å². The van der Waals surface area contributed by atoms with Crippen molar-refractivity contribution in [1.82, 2.24) is 24.9 Å². The summed E-state index contributed by atoms with van der Waals surface area (Å²) in [6.07, 6.45) is 0. The number of nitrogens with one attached hydrogen (secondary N) is 1. The van der Waals surface area contributed by atoms with Crippen LogP contribution in [0.4, 0.5) is 0 Å². The molecule has 1 atom stereocenters. The van der Waals surface area contributed by atoms with Crippen LogP contribution < -0.4 is 5.32 Å². The summed E-state index contributed by atoms with van der Waals surface area (Å²) in [6, 6.07) is 0.411. The number of hydrogen-bond donors (Lipinski definition) is 1. The first kappa shape index (κ1) is 25.4. The maximum atomic E-state index is 12.3. The molecule has 0 aromatic rings. The molecule has 8 heteroatoms. The first-order chi connectivity index (χ1) is 11.9. The molecule has 0 saturated carbocycles. The summed E-state index contributed by atoms with van der Waals surface area (Å²) in [6.45, 7) is 16.1. The highest BCUT2D eigenvalue weighted by molar-refractivity contribution is 14.0. The van der Waals surface area contributed by atoms with E-state index in [0.29, 0.717) is 12.6 Å². The molecule has 0 spiro atoms. The van der Waals surface area contributed by atoms with Crippen LogP contribution in [-0.4, -0.2) is 111 Å². The molecular formula is C18H39IN6O. The molecule has 154 valence electrons. The van der Waals surface area contributed by atoms with Gasteiger partial charge in [-0.25, -0.2) is 0 Å². The minimum Gasteiger partial charge on any atom is -0.357 e. The topological polar surface area (TPSA) is 54.4 Å². The predicted molar refractivity (Wildman–Crippen MR) is 120 cm³/mol. The van der Waals surface area contributed by atoms with E-state index in [4.69, 9.17) is 4.99 Å². The van der Waals surface area contributed by atoms with Gasteiger partial charge >= 0.3 is 0 Å². The highest BCUT2D eigenvalue weighted by Crippen LogP contribution is 2.05. The minimum absolute atomic E-state index is 0. The lowest BCUT2D eigenvalue weighted by molar-refractivity contribution is -0.131. The average Bonchev–Trinajstić information content (AvgIpc) is 2.59. The van der Waals surface area contributed by atoms with E-state index < -0.39 is 0 Å². The van der Waals surface area contributed by atoms with E-state index in [2.05, 4.69) is 36.0 Å². The fourth-order valence-electron chi connectivity index (χ4n) is 3.02. The molecule has 1 heterocycles. The number of nitrogens with zero attached hydrogens (tertiary/aromatic N) is 5. The summed E-state index contributed by atoms with van der Waals surface area (Å²) >= 11 is 0. The Labute approximate surface area is 177 Å². The molecule has 1 unspecified atom stereocenters. The molecule has 1 saturated heterocycles. The van der Waals surface area contributed by atoms with Gasteiger partial charge in [-0.15, -0.1) is 24.0 Å². The Morgan fingerprint density at radius 2 is 1.73 bits per heavy atom. The van der Waals surface area contributed by atoms with Crippen molar-refractivity contribution < 1.29 is 4.79 Å². The second-order valence-corrected chi connectivity index (χ2v) is 6.80. The number of carbonyl (C=O) groups excluding carboxylic acids is 1. The van der Waals surface area contributed by atoms with Crippen molar-refractivity contribution in [3.05, 3.63) is 0 Å². The zero-order chi connectivity index (χ0) is 18.8. The summed E-state index contributed by atoms with van der Waals surface area (Å²) in [7, 11) is 4.11. The summed E-state index contributed by atoms with van der Waals surface area (Å²) in [5.74, 6) is 0.953. The van der Waals surface area contributed by atoms with Crippen molar-refractivity contribution in [2.75, 3.05) is 73.0 Å². The van der Waals surface area contributed by atoms with Crippen LogP contribution in [0.2, 0.25) is 0 Å². The lowest BCUT2D eigenvalue weighted by Crippen LogP contribution is -2.49. The van der Waals surface area contributed by atoms with Crippen LogP contribution in [0.3, 0.4) is 0 Å². The fraction of sp³-hybridized carbons (Fsp3) is 0.889. The SMILES string of the molecule is CCNC(=NCC(C)N1CCN(C)CC1)N(C)CC(=O)N(CC)CC.I. The third kappa shape index (κ3) is 8.39. The number of amides is 1. The zero-order valence-electron chi connectivity index (χ0n) is 17.5. The number of guanidine groups is 1. The smallest absolute Gasteiger partial charge is 0.242 e. The van der Waals surface area contributed by atoms with Gasteiger partial charge in [-0.05, 0) is 34.7 Å². The van der Waals surface area contributed by atoms with E-state index >= 15 is 0 Å². The minimum atomic E-state index is 0. The van der Waals surface area contributed by atoms with E-state index in [1.165, 1.54) is 0 Å². The van der Waals surface area contributed by atoms with E-state index in [-0.39, 0.29) is 29.9 Å². The largest absolute Gasteiger partial charge is 0.357 e. The van der Waals surface area contributed by atoms with Gasteiger partial charge in [0.2, 0.25) is 5.91 Å². The lowest BCUT2D eigenvalue weighted by atomic mass is 10.2. The normalized spacial score (nSPS) is 17.4. The van der Waals surface area contributed by atoms with E-state index in [0.717, 1.165) is 58.3 Å². The molecular weight excluding hydrogens is 443 g/mol. The van der Waals surface area contributed by atoms with Crippen LogP contribution in [0.15, 0.2) is 4.99 Å². The van der Waals surface area contributed by atoms with Gasteiger partial charge in [0.25, 0.3) is 0 Å². The van der Waals surface area contributed by atoms with Crippen molar-refractivity contribution in [3.8, 4) is 0 Å². The first-order valence-corrected chi connectivity index (χ1v) is 9.62. The number of carbonyl (C=O) groups is 1. The van der Waals surface area contributed by atoms with Gasteiger partial charge in [0.1, 0.15) is 0 Å². The number of hydrogen-bond acceptors (Lipinski definition) is 4. The molecule has 1 N–H and O–H groups in total. The zero-order valence-corrected chi connectivity index (χ0v) is 19.8. The molecule has 0 radical (unpaired) electrons. The highest BCUT2D eigenvalue weighted by atomic mass is 127. The average molecular weight is 482 g/mol. The fourth-order valence-corrected chi connectivity index (χ4v) is 3.02. The number of aliphatic imine (C=N–C) groups is 1. The van der Waals surface area contributed by atoms with Gasteiger partial charge in [-0.2, -0.15) is 0 Å². The molecule has 1 fully saturated rings. The molecule has 1 rings (SSSR count). The van der Waals surface area contributed by atoms with Crippen molar-refractivity contribution >= 4 is 35.8 Å². The van der Waals surface area contributed by atoms with Crippen LogP contribution in [0.25, 0.3) is 0 Å². The monoisotopic (exact) mass is 482 g/mol. The van der Waals surface area contributed by atoms with Crippen molar-refractivity contribution in [3.63, 3.8) is 0 Å². The van der Waals surface area contributed by atoms with Crippen LogP contribution in [-0.2, 0) is 4.79 Å². The quantitative estimate of drug-likeness (QED) is 0.318. The van der Waals surface area contributed by atoms with Crippen LogP contribution >= 0.6 is 24.0 Å². The van der Waals surface area contributed by atoms with E-state index in [1.807, 2.05) is 30.7 Å². The number of halogens is 1. The van der Waals surface area contributed by atoms with Crippen LogP contribution in [0.5, 0.6) is 0 Å². The lowest BCUT2D eigenvalue weighted by Gasteiger charge is -2.36. The summed E-state index contributed by atoms with van der Waals surface area (Å²) in [4.78, 5) is 25.8. The maximum absolute atomic E-state index is 12.3. The number of rotatable bonds is 8. The van der Waals surface area contributed by atoms with E-state index in [9.17, 15) is 4.79 Å². The molecule has 0 bridgehead atoms. The Hall–Kier alpha value is -0.610. The summed E-state index contributed by atoms with van der Waals surface area (Å²) < 4.78 is 0. The van der Waals surface area contributed by atoms with Crippen LogP contribution in [0, 0.1) is 0 Å². The Balaban J connectivity index is 0.00000625.